The lowest BCUT2D eigenvalue weighted by atomic mass is 10.4. The van der Waals surface area contributed by atoms with E-state index in [0.29, 0.717) is 10.8 Å². The summed E-state index contributed by atoms with van der Waals surface area (Å²) in [5.74, 6) is 0.458. The molecule has 4 nitrogen and oxygen atoms in total. The Kier molecular flexibility index (Phi) is 2.13. The maximum absolute atomic E-state index is 11.4. The van der Waals surface area contributed by atoms with Gasteiger partial charge in [-0.2, -0.15) is 5.10 Å². The largest absolute Gasteiger partial charge is 0.272 e. The summed E-state index contributed by atoms with van der Waals surface area (Å²) in [4.78, 5) is 11.4. The van der Waals surface area contributed by atoms with Gasteiger partial charge >= 0.3 is 0 Å². The molecule has 0 atom stereocenters. The van der Waals surface area contributed by atoms with Gasteiger partial charge in [0.15, 0.2) is 5.82 Å². The standard InChI is InChI=1S/C9H8ClN3O/c1-12-6-7(10)9(11-12)13-5-3-2-4-8(13)14/h2-6H,1H3. The number of rotatable bonds is 1. The molecule has 14 heavy (non-hydrogen) atoms. The van der Waals surface area contributed by atoms with E-state index in [1.165, 1.54) is 10.6 Å². The van der Waals surface area contributed by atoms with Crippen LogP contribution in [-0.4, -0.2) is 14.3 Å². The van der Waals surface area contributed by atoms with Crippen LogP contribution in [0.15, 0.2) is 35.4 Å². The monoisotopic (exact) mass is 209 g/mol. The quantitative estimate of drug-likeness (QED) is 0.709. The number of aryl methyl sites for hydroxylation is 1. The highest BCUT2D eigenvalue weighted by Crippen LogP contribution is 2.15. The van der Waals surface area contributed by atoms with Crippen LogP contribution >= 0.6 is 11.6 Å². The smallest absolute Gasteiger partial charge is 0.256 e. The van der Waals surface area contributed by atoms with Gasteiger partial charge in [0.2, 0.25) is 0 Å². The molecule has 0 aliphatic heterocycles. The SMILES string of the molecule is Cn1cc(Cl)c(-n2ccccc2=O)n1. The predicted octanol–water partition coefficient (Wildman–Crippen LogP) is 1.22. The molecule has 0 aliphatic rings. The van der Waals surface area contributed by atoms with Gasteiger partial charge in [0.25, 0.3) is 5.56 Å². The van der Waals surface area contributed by atoms with Crippen molar-refractivity contribution in [2.45, 2.75) is 0 Å². The van der Waals surface area contributed by atoms with Crippen molar-refractivity contribution in [2.75, 3.05) is 0 Å². The van der Waals surface area contributed by atoms with Crippen molar-refractivity contribution >= 4 is 11.6 Å². The van der Waals surface area contributed by atoms with E-state index < -0.39 is 0 Å². The second-order valence-corrected chi connectivity index (χ2v) is 3.29. The fraction of sp³-hybridized carbons (Fsp3) is 0.111. The minimum atomic E-state index is -0.145. The highest BCUT2D eigenvalue weighted by molar-refractivity contribution is 6.32. The summed E-state index contributed by atoms with van der Waals surface area (Å²) in [6, 6.07) is 4.90. The molecule has 2 rings (SSSR count). The van der Waals surface area contributed by atoms with Crippen LogP contribution < -0.4 is 5.56 Å². The normalized spacial score (nSPS) is 10.4. The van der Waals surface area contributed by atoms with Gasteiger partial charge in [0.05, 0.1) is 0 Å². The molecule has 2 aromatic rings. The molecule has 0 amide bonds. The molecule has 0 saturated carbocycles. The van der Waals surface area contributed by atoms with Crippen LogP contribution in [0.3, 0.4) is 0 Å². The van der Waals surface area contributed by atoms with E-state index in [-0.39, 0.29) is 5.56 Å². The highest BCUT2D eigenvalue weighted by Gasteiger charge is 2.07. The zero-order valence-corrected chi connectivity index (χ0v) is 8.27. The molecule has 5 heteroatoms. The summed E-state index contributed by atoms with van der Waals surface area (Å²) in [6.07, 6.45) is 3.28. The second-order valence-electron chi connectivity index (χ2n) is 2.88. The molecule has 0 bridgehead atoms. The van der Waals surface area contributed by atoms with E-state index in [1.54, 1.807) is 36.3 Å². The number of hydrogen-bond donors (Lipinski definition) is 0. The summed E-state index contributed by atoms with van der Waals surface area (Å²) >= 11 is 5.91. The highest BCUT2D eigenvalue weighted by atomic mass is 35.5. The zero-order chi connectivity index (χ0) is 10.1. The minimum absolute atomic E-state index is 0.145. The van der Waals surface area contributed by atoms with Crippen molar-refractivity contribution in [3.8, 4) is 5.82 Å². The molecule has 0 saturated heterocycles. The number of halogens is 1. The third kappa shape index (κ3) is 1.44. The van der Waals surface area contributed by atoms with Crippen molar-refractivity contribution < 1.29 is 0 Å². The van der Waals surface area contributed by atoms with E-state index in [4.69, 9.17) is 11.6 Å². The molecule has 0 spiro atoms. The molecule has 2 heterocycles. The second kappa shape index (κ2) is 3.31. The molecular weight excluding hydrogens is 202 g/mol. The first-order valence-corrected chi connectivity index (χ1v) is 4.43. The number of pyridine rings is 1. The van der Waals surface area contributed by atoms with Crippen molar-refractivity contribution in [3.05, 3.63) is 46.0 Å². The van der Waals surface area contributed by atoms with Gasteiger partial charge in [0, 0.05) is 25.5 Å². The van der Waals surface area contributed by atoms with E-state index in [2.05, 4.69) is 5.10 Å². The van der Waals surface area contributed by atoms with Gasteiger partial charge < -0.3 is 0 Å². The van der Waals surface area contributed by atoms with Crippen LogP contribution in [-0.2, 0) is 7.05 Å². The van der Waals surface area contributed by atoms with Gasteiger partial charge in [-0.15, -0.1) is 0 Å². The number of nitrogens with zero attached hydrogens (tertiary/aromatic N) is 3. The maximum Gasteiger partial charge on any atom is 0.256 e. The van der Waals surface area contributed by atoms with Crippen LogP contribution in [0.25, 0.3) is 5.82 Å². The third-order valence-corrected chi connectivity index (χ3v) is 2.08. The van der Waals surface area contributed by atoms with Crippen LogP contribution in [0.1, 0.15) is 0 Å². The molecule has 0 unspecified atom stereocenters. The molecule has 0 aromatic carbocycles. The van der Waals surface area contributed by atoms with Gasteiger partial charge in [0.1, 0.15) is 5.02 Å². The maximum atomic E-state index is 11.4. The fourth-order valence-electron chi connectivity index (χ4n) is 1.21. The summed E-state index contributed by atoms with van der Waals surface area (Å²) in [6.45, 7) is 0. The zero-order valence-electron chi connectivity index (χ0n) is 7.51. The molecule has 2 aromatic heterocycles. The number of aromatic nitrogens is 3. The third-order valence-electron chi connectivity index (χ3n) is 1.82. The molecule has 72 valence electrons. The van der Waals surface area contributed by atoms with Crippen molar-refractivity contribution in [1.29, 1.82) is 0 Å². The van der Waals surface area contributed by atoms with Gasteiger partial charge in [-0.1, -0.05) is 17.7 Å². The van der Waals surface area contributed by atoms with Crippen LogP contribution in [0.2, 0.25) is 5.02 Å². The average molecular weight is 210 g/mol. The fourth-order valence-corrected chi connectivity index (χ4v) is 1.48. The first-order valence-electron chi connectivity index (χ1n) is 4.05. The Morgan fingerprint density at radius 3 is 2.79 bits per heavy atom. The summed E-state index contributed by atoms with van der Waals surface area (Å²) in [7, 11) is 1.75. The van der Waals surface area contributed by atoms with E-state index in [1.807, 2.05) is 0 Å². The topological polar surface area (TPSA) is 39.8 Å². The van der Waals surface area contributed by atoms with Gasteiger partial charge in [-0.05, 0) is 6.07 Å². The predicted molar refractivity (Wildman–Crippen MR) is 53.8 cm³/mol. The Bertz CT molecular complexity index is 515. The Morgan fingerprint density at radius 1 is 1.43 bits per heavy atom. The van der Waals surface area contributed by atoms with Crippen LogP contribution in [0, 0.1) is 0 Å². The van der Waals surface area contributed by atoms with Gasteiger partial charge in [-0.3, -0.25) is 14.0 Å². The lowest BCUT2D eigenvalue weighted by Crippen LogP contribution is -2.16. The van der Waals surface area contributed by atoms with E-state index in [9.17, 15) is 4.79 Å². The van der Waals surface area contributed by atoms with E-state index >= 15 is 0 Å². The lowest BCUT2D eigenvalue weighted by molar-refractivity contribution is 0.746. The number of hydrogen-bond acceptors (Lipinski definition) is 2. The summed E-state index contributed by atoms with van der Waals surface area (Å²) in [5.41, 5.74) is -0.145. The first-order chi connectivity index (χ1) is 6.68. The summed E-state index contributed by atoms with van der Waals surface area (Å²) < 4.78 is 2.97. The first kappa shape index (κ1) is 9.02. The van der Waals surface area contributed by atoms with Crippen LogP contribution in [0.4, 0.5) is 0 Å². The minimum Gasteiger partial charge on any atom is -0.272 e. The van der Waals surface area contributed by atoms with E-state index in [0.717, 1.165) is 0 Å². The van der Waals surface area contributed by atoms with Crippen LogP contribution in [0.5, 0.6) is 0 Å². The Morgan fingerprint density at radius 2 is 2.21 bits per heavy atom. The van der Waals surface area contributed by atoms with Gasteiger partial charge in [-0.25, -0.2) is 0 Å². The molecular formula is C9H8ClN3O. The van der Waals surface area contributed by atoms with Crippen molar-refractivity contribution in [3.63, 3.8) is 0 Å². The molecule has 0 aliphatic carbocycles. The Balaban J connectivity index is 2.66. The lowest BCUT2D eigenvalue weighted by Gasteiger charge is -1.99. The molecule has 0 radical (unpaired) electrons. The Hall–Kier alpha value is -1.55. The average Bonchev–Trinajstić information content (AvgIpc) is 2.46. The van der Waals surface area contributed by atoms with Crippen molar-refractivity contribution in [2.24, 2.45) is 7.05 Å². The summed E-state index contributed by atoms with van der Waals surface area (Å²) in [5, 5.41) is 4.55. The molecule has 0 N–H and O–H groups in total. The van der Waals surface area contributed by atoms with Crippen molar-refractivity contribution in [1.82, 2.24) is 14.3 Å². The molecule has 0 fully saturated rings. The Labute approximate surface area is 85.4 Å².